The first-order chi connectivity index (χ1) is 10.9. The van der Waals surface area contributed by atoms with E-state index in [2.05, 4.69) is 29.8 Å². The average Bonchev–Trinajstić information content (AvgIpc) is 2.81. The lowest BCUT2D eigenvalue weighted by molar-refractivity contribution is -0.0461. The molecule has 0 radical (unpaired) electrons. The largest absolute Gasteiger partial charge is 0.345 e. The Balaban J connectivity index is 1.73. The lowest BCUT2D eigenvalue weighted by Crippen LogP contribution is -2.44. The topological polar surface area (TPSA) is 37.3 Å². The van der Waals surface area contributed by atoms with E-state index in [1.165, 1.54) is 10.6 Å². The number of hydrogen-bond acceptors (Lipinski definition) is 1. The summed E-state index contributed by atoms with van der Waals surface area (Å²) in [4.78, 5) is 13.7. The highest BCUT2D eigenvalue weighted by atomic mass is 19.3. The van der Waals surface area contributed by atoms with E-state index in [-0.39, 0.29) is 32.0 Å². The van der Waals surface area contributed by atoms with Crippen LogP contribution in [-0.4, -0.2) is 34.5 Å². The summed E-state index contributed by atoms with van der Waals surface area (Å²) in [6.07, 6.45) is -0.532. The van der Waals surface area contributed by atoms with Crippen LogP contribution in [0.15, 0.2) is 24.3 Å². The van der Waals surface area contributed by atoms with Gasteiger partial charge in [0, 0.05) is 54.8 Å². The predicted octanol–water partition coefficient (Wildman–Crippen LogP) is 4.23. The second-order valence-corrected chi connectivity index (χ2v) is 6.08. The van der Waals surface area contributed by atoms with Crippen LogP contribution in [0.25, 0.3) is 10.9 Å². The molecular formula is C17H21F2N3O. The summed E-state index contributed by atoms with van der Waals surface area (Å²) < 4.78 is 28.5. The molecule has 0 unspecified atom stereocenters. The van der Waals surface area contributed by atoms with Gasteiger partial charge in [-0.3, -0.25) is 0 Å². The van der Waals surface area contributed by atoms with Crippen LogP contribution >= 0.6 is 0 Å². The van der Waals surface area contributed by atoms with Crippen LogP contribution in [0.1, 0.15) is 25.5 Å². The van der Waals surface area contributed by atoms with Crippen LogP contribution in [0.4, 0.5) is 19.3 Å². The van der Waals surface area contributed by atoms with Gasteiger partial charge in [0.1, 0.15) is 0 Å². The molecule has 2 aromatic rings. The quantitative estimate of drug-likeness (QED) is 0.883. The van der Waals surface area contributed by atoms with E-state index in [9.17, 15) is 13.6 Å². The van der Waals surface area contributed by atoms with Gasteiger partial charge in [0.2, 0.25) is 0 Å². The molecule has 1 aromatic heterocycles. The van der Waals surface area contributed by atoms with Crippen molar-refractivity contribution in [1.82, 2.24) is 9.47 Å². The maximum absolute atomic E-state index is 13.2. The summed E-state index contributed by atoms with van der Waals surface area (Å²) in [7, 11) is 0. The van der Waals surface area contributed by atoms with Crippen LogP contribution in [0.5, 0.6) is 0 Å². The van der Waals surface area contributed by atoms with E-state index in [1.54, 1.807) is 0 Å². The van der Waals surface area contributed by atoms with Gasteiger partial charge < -0.3 is 14.8 Å². The van der Waals surface area contributed by atoms with Gasteiger partial charge >= 0.3 is 6.03 Å². The van der Waals surface area contributed by atoms with Gasteiger partial charge in [0.05, 0.1) is 0 Å². The molecule has 124 valence electrons. The highest BCUT2D eigenvalue weighted by Gasteiger charge is 2.35. The summed E-state index contributed by atoms with van der Waals surface area (Å²) in [5, 5.41) is 3.87. The molecule has 2 amide bonds. The third-order valence-corrected chi connectivity index (χ3v) is 4.46. The van der Waals surface area contributed by atoms with Gasteiger partial charge in [-0.25, -0.2) is 13.6 Å². The number of nitrogens with one attached hydrogen (secondary N) is 1. The number of rotatable bonds is 2. The van der Waals surface area contributed by atoms with E-state index < -0.39 is 5.92 Å². The number of anilines is 1. The van der Waals surface area contributed by atoms with Crippen molar-refractivity contribution in [2.24, 2.45) is 0 Å². The van der Waals surface area contributed by atoms with Crippen molar-refractivity contribution in [3.8, 4) is 0 Å². The highest BCUT2D eigenvalue weighted by molar-refractivity contribution is 5.93. The van der Waals surface area contributed by atoms with Gasteiger partial charge in [-0.15, -0.1) is 0 Å². The van der Waals surface area contributed by atoms with E-state index in [1.807, 2.05) is 18.2 Å². The third-order valence-electron chi connectivity index (χ3n) is 4.46. The molecule has 6 heteroatoms. The fourth-order valence-corrected chi connectivity index (χ4v) is 3.15. The monoisotopic (exact) mass is 321 g/mol. The molecule has 1 aromatic carbocycles. The number of carbonyl (C=O) groups is 1. The maximum Gasteiger partial charge on any atom is 0.321 e. The minimum Gasteiger partial charge on any atom is -0.345 e. The zero-order chi connectivity index (χ0) is 16.6. The van der Waals surface area contributed by atoms with Crippen LogP contribution in [-0.2, 0) is 6.54 Å². The molecule has 1 N–H and O–H groups in total. The summed E-state index contributed by atoms with van der Waals surface area (Å²) >= 11 is 0. The molecule has 4 nitrogen and oxygen atoms in total. The molecule has 23 heavy (non-hydrogen) atoms. The first kappa shape index (κ1) is 15.8. The van der Waals surface area contributed by atoms with Crippen molar-refractivity contribution in [1.29, 1.82) is 0 Å². The lowest BCUT2D eigenvalue weighted by Gasteiger charge is -2.31. The standard InChI is InChI=1S/C17H21F2N3O/c1-3-22-12(2)10-13-11-14(4-5-15(13)22)20-16(23)21-8-6-17(18,19)7-9-21/h4-5,10-11H,3,6-9H2,1-2H3,(H,20,23). The molecule has 0 spiro atoms. The van der Waals surface area contributed by atoms with Crippen LogP contribution in [0, 0.1) is 6.92 Å². The average molecular weight is 321 g/mol. The molecule has 2 heterocycles. The Morgan fingerprint density at radius 1 is 1.26 bits per heavy atom. The highest BCUT2D eigenvalue weighted by Crippen LogP contribution is 2.28. The van der Waals surface area contributed by atoms with Crippen LogP contribution < -0.4 is 5.32 Å². The first-order valence-electron chi connectivity index (χ1n) is 7.93. The summed E-state index contributed by atoms with van der Waals surface area (Å²) in [6, 6.07) is 7.52. The number of amides is 2. The molecule has 1 fully saturated rings. The number of benzene rings is 1. The van der Waals surface area contributed by atoms with Crippen molar-refractivity contribution in [2.75, 3.05) is 18.4 Å². The maximum atomic E-state index is 13.2. The molecular weight excluding hydrogens is 300 g/mol. The second-order valence-electron chi connectivity index (χ2n) is 6.08. The van der Waals surface area contributed by atoms with Crippen molar-refractivity contribution >= 4 is 22.6 Å². The molecule has 3 rings (SSSR count). The summed E-state index contributed by atoms with van der Waals surface area (Å²) in [6.45, 7) is 5.21. The number of urea groups is 1. The van der Waals surface area contributed by atoms with E-state index in [0.717, 1.165) is 17.4 Å². The summed E-state index contributed by atoms with van der Waals surface area (Å²) in [5.74, 6) is -2.64. The van der Waals surface area contributed by atoms with Crippen molar-refractivity contribution < 1.29 is 13.6 Å². The molecule has 0 atom stereocenters. The Morgan fingerprint density at radius 2 is 1.96 bits per heavy atom. The fraction of sp³-hybridized carbons (Fsp3) is 0.471. The number of nitrogens with zero attached hydrogens (tertiary/aromatic N) is 2. The molecule has 0 aliphatic carbocycles. The number of aromatic nitrogens is 1. The smallest absolute Gasteiger partial charge is 0.321 e. The Kier molecular flexibility index (Phi) is 4.00. The number of fused-ring (bicyclic) bond motifs is 1. The Hall–Kier alpha value is -2.11. The number of carbonyl (C=O) groups excluding carboxylic acids is 1. The number of halogens is 2. The number of hydrogen-bond donors (Lipinski definition) is 1. The molecule has 1 saturated heterocycles. The Bertz CT molecular complexity index is 729. The van der Waals surface area contributed by atoms with Crippen LogP contribution in [0.3, 0.4) is 0 Å². The number of piperidine rings is 1. The second kappa shape index (κ2) is 5.83. The first-order valence-corrected chi connectivity index (χ1v) is 7.93. The van der Waals surface area contributed by atoms with Gasteiger partial charge in [0.25, 0.3) is 5.92 Å². The van der Waals surface area contributed by atoms with E-state index in [4.69, 9.17) is 0 Å². The van der Waals surface area contributed by atoms with E-state index >= 15 is 0 Å². The Morgan fingerprint density at radius 3 is 2.61 bits per heavy atom. The van der Waals surface area contributed by atoms with E-state index in [0.29, 0.717) is 5.69 Å². The molecule has 1 aliphatic rings. The van der Waals surface area contributed by atoms with Gasteiger partial charge in [-0.05, 0) is 38.1 Å². The normalized spacial score (nSPS) is 17.5. The van der Waals surface area contributed by atoms with Crippen molar-refractivity contribution in [2.45, 2.75) is 39.2 Å². The lowest BCUT2D eigenvalue weighted by atomic mass is 10.1. The van der Waals surface area contributed by atoms with Gasteiger partial charge in [-0.1, -0.05) is 0 Å². The molecule has 0 bridgehead atoms. The third kappa shape index (κ3) is 3.16. The van der Waals surface area contributed by atoms with Crippen molar-refractivity contribution in [3.63, 3.8) is 0 Å². The minimum atomic E-state index is -2.64. The fourth-order valence-electron chi connectivity index (χ4n) is 3.15. The van der Waals surface area contributed by atoms with Gasteiger partial charge in [0.15, 0.2) is 0 Å². The molecule has 1 aliphatic heterocycles. The van der Waals surface area contributed by atoms with Gasteiger partial charge in [-0.2, -0.15) is 0 Å². The SMILES string of the molecule is CCn1c(C)cc2cc(NC(=O)N3CCC(F)(F)CC3)ccc21. The zero-order valence-corrected chi connectivity index (χ0v) is 13.4. The number of aryl methyl sites for hydroxylation is 2. The minimum absolute atomic E-state index is 0.0897. The summed E-state index contributed by atoms with van der Waals surface area (Å²) in [5.41, 5.74) is 2.98. The number of alkyl halides is 2. The molecule has 0 saturated carbocycles. The van der Waals surface area contributed by atoms with Crippen LogP contribution in [0.2, 0.25) is 0 Å². The zero-order valence-electron chi connectivity index (χ0n) is 13.4. The number of likely N-dealkylation sites (tertiary alicyclic amines) is 1. The predicted molar refractivity (Wildman–Crippen MR) is 87.1 cm³/mol. The van der Waals surface area contributed by atoms with Crippen molar-refractivity contribution in [3.05, 3.63) is 30.0 Å². The Labute approximate surface area is 134 Å².